The molecule has 0 aliphatic heterocycles. The van der Waals surface area contributed by atoms with Crippen LogP contribution in [0.25, 0.3) is 6.08 Å². The third-order valence-corrected chi connectivity index (χ3v) is 2.96. The van der Waals surface area contributed by atoms with Gasteiger partial charge in [0.15, 0.2) is 0 Å². The summed E-state index contributed by atoms with van der Waals surface area (Å²) in [5, 5.41) is 0. The maximum Gasteiger partial charge on any atom is 0.0200 e. The van der Waals surface area contributed by atoms with Gasteiger partial charge in [-0.2, -0.15) is 0 Å². The average molecular weight is 202 g/mol. The molecule has 0 fully saturated rings. The fourth-order valence-corrected chi connectivity index (χ4v) is 2.07. The van der Waals surface area contributed by atoms with Crippen molar-refractivity contribution in [3.63, 3.8) is 0 Å². The van der Waals surface area contributed by atoms with Gasteiger partial charge in [-0.3, -0.25) is 0 Å². The van der Waals surface area contributed by atoms with Gasteiger partial charge < -0.3 is 11.5 Å². The van der Waals surface area contributed by atoms with Gasteiger partial charge in [0.05, 0.1) is 0 Å². The number of fused-ring (bicyclic) bond motifs is 1. The second-order valence-corrected chi connectivity index (χ2v) is 4.20. The van der Waals surface area contributed by atoms with Gasteiger partial charge in [-0.05, 0) is 30.4 Å². The summed E-state index contributed by atoms with van der Waals surface area (Å²) in [7, 11) is 0. The number of rotatable bonds is 3. The summed E-state index contributed by atoms with van der Waals surface area (Å²) in [5.41, 5.74) is 15.6. The molecule has 0 spiro atoms. The van der Waals surface area contributed by atoms with Gasteiger partial charge >= 0.3 is 0 Å². The van der Waals surface area contributed by atoms with E-state index in [0.29, 0.717) is 6.54 Å². The van der Waals surface area contributed by atoms with Crippen LogP contribution in [0.4, 0.5) is 0 Å². The van der Waals surface area contributed by atoms with E-state index in [0.717, 1.165) is 19.3 Å². The molecule has 0 amide bonds. The highest BCUT2D eigenvalue weighted by Gasteiger charge is 2.11. The molecular formula is C13H18N2. The van der Waals surface area contributed by atoms with Crippen LogP contribution in [0.15, 0.2) is 29.8 Å². The minimum absolute atomic E-state index is 0.113. The van der Waals surface area contributed by atoms with E-state index in [4.69, 9.17) is 11.5 Å². The van der Waals surface area contributed by atoms with Crippen LogP contribution in [0, 0.1) is 0 Å². The van der Waals surface area contributed by atoms with Crippen molar-refractivity contribution in [2.24, 2.45) is 11.5 Å². The zero-order valence-electron chi connectivity index (χ0n) is 8.95. The van der Waals surface area contributed by atoms with Crippen molar-refractivity contribution in [1.82, 2.24) is 0 Å². The normalized spacial score (nSPS) is 16.8. The molecule has 1 aromatic carbocycles. The van der Waals surface area contributed by atoms with Gasteiger partial charge in [-0.25, -0.2) is 0 Å². The SMILES string of the molecule is NC[C@H](N)CC1=Cc2ccccc2CC1. The molecule has 80 valence electrons. The molecule has 0 aromatic heterocycles. The number of nitrogens with two attached hydrogens (primary N) is 2. The Hall–Kier alpha value is -1.12. The second-order valence-electron chi connectivity index (χ2n) is 4.20. The topological polar surface area (TPSA) is 52.0 Å². The predicted molar refractivity (Wildman–Crippen MR) is 64.4 cm³/mol. The Labute approximate surface area is 91.0 Å². The first kappa shape index (κ1) is 10.4. The van der Waals surface area contributed by atoms with E-state index in [9.17, 15) is 0 Å². The maximum atomic E-state index is 5.86. The summed E-state index contributed by atoms with van der Waals surface area (Å²) in [5.74, 6) is 0. The second kappa shape index (κ2) is 4.60. The highest BCUT2D eigenvalue weighted by atomic mass is 14.7. The molecule has 4 N–H and O–H groups in total. The van der Waals surface area contributed by atoms with E-state index in [2.05, 4.69) is 30.3 Å². The lowest BCUT2D eigenvalue weighted by Crippen LogP contribution is -2.30. The average Bonchev–Trinajstić information content (AvgIpc) is 2.29. The molecule has 0 saturated carbocycles. The molecule has 0 heterocycles. The Bertz CT molecular complexity index is 369. The Morgan fingerprint density at radius 2 is 2.00 bits per heavy atom. The summed E-state index contributed by atoms with van der Waals surface area (Å²) in [6.07, 6.45) is 5.48. The molecule has 1 aromatic rings. The van der Waals surface area contributed by atoms with Crippen LogP contribution in [-0.4, -0.2) is 12.6 Å². The molecule has 0 saturated heterocycles. The fourth-order valence-electron chi connectivity index (χ4n) is 2.07. The van der Waals surface area contributed by atoms with Crippen molar-refractivity contribution in [2.45, 2.75) is 25.3 Å². The van der Waals surface area contributed by atoms with Crippen molar-refractivity contribution in [3.05, 3.63) is 41.0 Å². The molecule has 1 aliphatic rings. The fraction of sp³-hybridized carbons (Fsp3) is 0.385. The van der Waals surface area contributed by atoms with Crippen LogP contribution < -0.4 is 11.5 Å². The first-order valence-electron chi connectivity index (χ1n) is 5.52. The smallest absolute Gasteiger partial charge is 0.0200 e. The van der Waals surface area contributed by atoms with E-state index in [1.54, 1.807) is 0 Å². The van der Waals surface area contributed by atoms with Crippen LogP contribution in [0.3, 0.4) is 0 Å². The summed E-state index contributed by atoms with van der Waals surface area (Å²) in [6, 6.07) is 8.67. The van der Waals surface area contributed by atoms with Crippen LogP contribution >= 0.6 is 0 Å². The predicted octanol–water partition coefficient (Wildman–Crippen LogP) is 1.69. The van der Waals surface area contributed by atoms with Gasteiger partial charge in [-0.1, -0.05) is 35.9 Å². The van der Waals surface area contributed by atoms with E-state index >= 15 is 0 Å². The minimum atomic E-state index is 0.113. The van der Waals surface area contributed by atoms with Gasteiger partial charge in [0.2, 0.25) is 0 Å². The lowest BCUT2D eigenvalue weighted by Gasteiger charge is -2.18. The largest absolute Gasteiger partial charge is 0.329 e. The number of aryl methyl sites for hydroxylation is 1. The van der Waals surface area contributed by atoms with Gasteiger partial charge in [-0.15, -0.1) is 0 Å². The first-order valence-corrected chi connectivity index (χ1v) is 5.52. The molecule has 0 bridgehead atoms. The Balaban J connectivity index is 2.15. The molecule has 15 heavy (non-hydrogen) atoms. The third kappa shape index (κ3) is 2.46. The summed E-state index contributed by atoms with van der Waals surface area (Å²) < 4.78 is 0. The molecule has 2 rings (SSSR count). The molecule has 2 nitrogen and oxygen atoms in total. The maximum absolute atomic E-state index is 5.86. The van der Waals surface area contributed by atoms with Gasteiger partial charge in [0.1, 0.15) is 0 Å². The molecule has 1 atom stereocenters. The zero-order valence-corrected chi connectivity index (χ0v) is 8.95. The van der Waals surface area contributed by atoms with Crippen LogP contribution in [-0.2, 0) is 6.42 Å². The van der Waals surface area contributed by atoms with E-state index in [-0.39, 0.29) is 6.04 Å². The lowest BCUT2D eigenvalue weighted by molar-refractivity contribution is 0.656. The Morgan fingerprint density at radius 3 is 2.80 bits per heavy atom. The monoisotopic (exact) mass is 202 g/mol. The van der Waals surface area contributed by atoms with Crippen molar-refractivity contribution in [2.75, 3.05) is 6.54 Å². The van der Waals surface area contributed by atoms with Crippen LogP contribution in [0.2, 0.25) is 0 Å². The van der Waals surface area contributed by atoms with E-state index in [1.165, 1.54) is 16.7 Å². The van der Waals surface area contributed by atoms with E-state index < -0.39 is 0 Å². The summed E-state index contributed by atoms with van der Waals surface area (Å²) in [6.45, 7) is 0.568. The van der Waals surface area contributed by atoms with Crippen LogP contribution in [0.1, 0.15) is 24.0 Å². The van der Waals surface area contributed by atoms with Gasteiger partial charge in [0.25, 0.3) is 0 Å². The number of hydrogen-bond donors (Lipinski definition) is 2. The van der Waals surface area contributed by atoms with Crippen molar-refractivity contribution in [1.29, 1.82) is 0 Å². The first-order chi connectivity index (χ1) is 7.29. The lowest BCUT2D eigenvalue weighted by atomic mass is 9.89. The molecular weight excluding hydrogens is 184 g/mol. The molecule has 1 aliphatic carbocycles. The summed E-state index contributed by atoms with van der Waals surface area (Å²) >= 11 is 0. The van der Waals surface area contributed by atoms with Crippen molar-refractivity contribution in [3.8, 4) is 0 Å². The molecule has 2 heteroatoms. The third-order valence-electron chi connectivity index (χ3n) is 2.96. The van der Waals surface area contributed by atoms with Crippen molar-refractivity contribution < 1.29 is 0 Å². The Morgan fingerprint density at radius 1 is 1.20 bits per heavy atom. The van der Waals surface area contributed by atoms with Crippen LogP contribution in [0.5, 0.6) is 0 Å². The summed E-state index contributed by atoms with van der Waals surface area (Å²) in [4.78, 5) is 0. The number of hydrogen-bond acceptors (Lipinski definition) is 2. The zero-order chi connectivity index (χ0) is 10.7. The van der Waals surface area contributed by atoms with E-state index in [1.807, 2.05) is 0 Å². The minimum Gasteiger partial charge on any atom is -0.329 e. The molecule has 0 unspecified atom stereocenters. The standard InChI is InChI=1S/C13H18N2/c14-9-13(15)8-10-5-6-11-3-1-2-4-12(11)7-10/h1-4,7,13H,5-6,8-9,14-15H2/t13-/m1/s1. The van der Waals surface area contributed by atoms with Crippen molar-refractivity contribution >= 4 is 6.08 Å². The number of benzene rings is 1. The Kier molecular flexibility index (Phi) is 3.19. The quantitative estimate of drug-likeness (QED) is 0.783. The highest BCUT2D eigenvalue weighted by molar-refractivity contribution is 5.59. The molecule has 0 radical (unpaired) electrons. The highest BCUT2D eigenvalue weighted by Crippen LogP contribution is 2.25. The van der Waals surface area contributed by atoms with Gasteiger partial charge in [0, 0.05) is 12.6 Å².